The first-order valence-electron chi connectivity index (χ1n) is 7.26. The molecule has 1 aromatic carbocycles. The summed E-state index contributed by atoms with van der Waals surface area (Å²) in [4.78, 5) is 16.4. The number of benzene rings is 1. The Labute approximate surface area is 133 Å². The van der Waals surface area contributed by atoms with Crippen molar-refractivity contribution < 1.29 is 9.21 Å². The maximum absolute atomic E-state index is 12.2. The molecule has 1 N–H and O–H groups in total. The second kappa shape index (κ2) is 6.04. The second-order valence-corrected chi connectivity index (χ2v) is 5.28. The number of oxazole rings is 1. The largest absolute Gasteiger partial charge is 0.436 e. The van der Waals surface area contributed by atoms with Gasteiger partial charge in [-0.3, -0.25) is 4.79 Å². The zero-order chi connectivity index (χ0) is 16.4. The van der Waals surface area contributed by atoms with Crippen LogP contribution in [0.5, 0.6) is 0 Å². The number of carbonyl (C=O) groups is 1. The van der Waals surface area contributed by atoms with E-state index in [4.69, 9.17) is 4.42 Å². The first-order valence-corrected chi connectivity index (χ1v) is 7.26. The summed E-state index contributed by atoms with van der Waals surface area (Å²) in [7, 11) is 0. The summed E-state index contributed by atoms with van der Waals surface area (Å²) in [5, 5.41) is 10.6. The Bertz CT molecular complexity index is 806. The third-order valence-corrected chi connectivity index (χ3v) is 3.54. The maximum Gasteiger partial charge on any atom is 0.289 e. The van der Waals surface area contributed by atoms with Gasteiger partial charge in [-0.2, -0.15) is 0 Å². The maximum atomic E-state index is 12.2. The highest BCUT2D eigenvalue weighted by molar-refractivity contribution is 5.92. The standard InChI is InChI=1S/C16H17N5O2/c1-10(19-16(22)15-11(2)18-12(3)23-15)13-4-6-14(7-5-13)21-9-8-17-20-21/h4-10H,1-3H3,(H,19,22)/t10-/m1/s1. The van der Waals surface area contributed by atoms with Crippen LogP contribution in [0.1, 0.15) is 40.7 Å². The van der Waals surface area contributed by atoms with Gasteiger partial charge in [-0.15, -0.1) is 5.10 Å². The van der Waals surface area contributed by atoms with Crippen LogP contribution in [0.15, 0.2) is 41.1 Å². The Hall–Kier alpha value is -2.96. The van der Waals surface area contributed by atoms with Crippen LogP contribution in [0.25, 0.3) is 5.69 Å². The fourth-order valence-electron chi connectivity index (χ4n) is 2.35. The first kappa shape index (κ1) is 15.0. The summed E-state index contributed by atoms with van der Waals surface area (Å²) in [6, 6.07) is 7.59. The number of hydrogen-bond donors (Lipinski definition) is 1. The van der Waals surface area contributed by atoms with Crippen molar-refractivity contribution >= 4 is 5.91 Å². The lowest BCUT2D eigenvalue weighted by Gasteiger charge is -2.14. The molecule has 0 aliphatic carbocycles. The third-order valence-electron chi connectivity index (χ3n) is 3.54. The van der Waals surface area contributed by atoms with E-state index < -0.39 is 0 Å². The van der Waals surface area contributed by atoms with E-state index in [0.29, 0.717) is 11.6 Å². The lowest BCUT2D eigenvalue weighted by atomic mass is 10.1. The highest BCUT2D eigenvalue weighted by Gasteiger charge is 2.18. The van der Waals surface area contributed by atoms with Gasteiger partial charge in [-0.05, 0) is 31.5 Å². The zero-order valence-corrected chi connectivity index (χ0v) is 13.1. The van der Waals surface area contributed by atoms with Crippen molar-refractivity contribution in [3.05, 3.63) is 59.6 Å². The molecule has 2 aromatic heterocycles. The molecule has 2 heterocycles. The van der Waals surface area contributed by atoms with Crippen molar-refractivity contribution in [3.63, 3.8) is 0 Å². The molecule has 0 aliphatic rings. The smallest absolute Gasteiger partial charge is 0.289 e. The molecule has 0 saturated carbocycles. The molecule has 118 valence electrons. The van der Waals surface area contributed by atoms with Crippen LogP contribution >= 0.6 is 0 Å². The number of carbonyl (C=O) groups excluding carboxylic acids is 1. The van der Waals surface area contributed by atoms with Crippen LogP contribution in [0, 0.1) is 13.8 Å². The molecule has 0 unspecified atom stereocenters. The number of amides is 1. The number of aryl methyl sites for hydroxylation is 2. The quantitative estimate of drug-likeness (QED) is 0.799. The normalized spacial score (nSPS) is 12.1. The van der Waals surface area contributed by atoms with Gasteiger partial charge in [0.1, 0.15) is 0 Å². The van der Waals surface area contributed by atoms with Crippen molar-refractivity contribution in [2.24, 2.45) is 0 Å². The van der Waals surface area contributed by atoms with Gasteiger partial charge >= 0.3 is 0 Å². The molecule has 0 radical (unpaired) electrons. The lowest BCUT2D eigenvalue weighted by Crippen LogP contribution is -2.26. The van der Waals surface area contributed by atoms with E-state index in [1.54, 1.807) is 30.9 Å². The monoisotopic (exact) mass is 311 g/mol. The summed E-state index contributed by atoms with van der Waals surface area (Å²) in [6.45, 7) is 5.39. The molecule has 1 amide bonds. The molecule has 3 aromatic rings. The van der Waals surface area contributed by atoms with Crippen LogP contribution in [-0.2, 0) is 0 Å². The van der Waals surface area contributed by atoms with Crippen molar-refractivity contribution in [2.75, 3.05) is 0 Å². The SMILES string of the molecule is Cc1nc(C)c(C(=O)N[C@H](C)c2ccc(-n3ccnn3)cc2)o1. The van der Waals surface area contributed by atoms with Crippen molar-refractivity contribution in [3.8, 4) is 5.69 Å². The fourth-order valence-corrected chi connectivity index (χ4v) is 2.35. The van der Waals surface area contributed by atoms with Crippen molar-refractivity contribution in [2.45, 2.75) is 26.8 Å². The van der Waals surface area contributed by atoms with Crippen LogP contribution in [-0.4, -0.2) is 25.9 Å². The first-order chi connectivity index (χ1) is 11.0. The molecule has 0 aliphatic heterocycles. The third kappa shape index (κ3) is 3.13. The second-order valence-electron chi connectivity index (χ2n) is 5.28. The van der Waals surface area contributed by atoms with E-state index in [1.807, 2.05) is 31.2 Å². The number of nitrogens with zero attached hydrogens (tertiary/aromatic N) is 4. The average molecular weight is 311 g/mol. The molecule has 0 fully saturated rings. The molecular formula is C16H17N5O2. The Kier molecular flexibility index (Phi) is 3.92. The number of hydrogen-bond acceptors (Lipinski definition) is 5. The Morgan fingerprint density at radius 1 is 1.26 bits per heavy atom. The molecule has 7 heteroatoms. The summed E-state index contributed by atoms with van der Waals surface area (Å²) in [6.07, 6.45) is 3.40. The Morgan fingerprint density at radius 2 is 2.00 bits per heavy atom. The van der Waals surface area contributed by atoms with Crippen LogP contribution in [0.4, 0.5) is 0 Å². The summed E-state index contributed by atoms with van der Waals surface area (Å²) < 4.78 is 7.01. The lowest BCUT2D eigenvalue weighted by molar-refractivity contribution is 0.0909. The Balaban J connectivity index is 1.72. The Morgan fingerprint density at radius 3 is 2.57 bits per heavy atom. The molecule has 1 atom stereocenters. The molecular weight excluding hydrogens is 294 g/mol. The van der Waals surface area contributed by atoms with Gasteiger partial charge in [0.05, 0.1) is 29.8 Å². The molecule has 7 nitrogen and oxygen atoms in total. The molecule has 0 bridgehead atoms. The number of aromatic nitrogens is 4. The molecule has 0 saturated heterocycles. The summed E-state index contributed by atoms with van der Waals surface area (Å²) in [5.74, 6) is 0.474. The van der Waals surface area contributed by atoms with E-state index in [-0.39, 0.29) is 17.7 Å². The van der Waals surface area contributed by atoms with Crippen LogP contribution in [0.2, 0.25) is 0 Å². The van der Waals surface area contributed by atoms with Crippen molar-refractivity contribution in [1.82, 2.24) is 25.3 Å². The number of rotatable bonds is 4. The number of nitrogens with one attached hydrogen (secondary N) is 1. The molecule has 23 heavy (non-hydrogen) atoms. The molecule has 3 rings (SSSR count). The highest BCUT2D eigenvalue weighted by atomic mass is 16.4. The van der Waals surface area contributed by atoms with Gasteiger partial charge in [0.2, 0.25) is 5.76 Å². The van der Waals surface area contributed by atoms with E-state index in [9.17, 15) is 4.79 Å². The molecule has 0 spiro atoms. The fraction of sp³-hybridized carbons (Fsp3) is 0.250. The summed E-state index contributed by atoms with van der Waals surface area (Å²) in [5.41, 5.74) is 2.48. The van der Waals surface area contributed by atoms with E-state index >= 15 is 0 Å². The van der Waals surface area contributed by atoms with E-state index in [1.165, 1.54) is 0 Å². The van der Waals surface area contributed by atoms with E-state index in [2.05, 4.69) is 20.6 Å². The van der Waals surface area contributed by atoms with Crippen molar-refractivity contribution in [1.29, 1.82) is 0 Å². The van der Waals surface area contributed by atoms with Gasteiger partial charge in [0.15, 0.2) is 5.89 Å². The van der Waals surface area contributed by atoms with Gasteiger partial charge in [0.25, 0.3) is 5.91 Å². The van der Waals surface area contributed by atoms with Crippen LogP contribution < -0.4 is 5.32 Å². The zero-order valence-electron chi connectivity index (χ0n) is 13.1. The predicted octanol–water partition coefficient (Wildman–Crippen LogP) is 2.36. The van der Waals surface area contributed by atoms with Gasteiger partial charge in [-0.25, -0.2) is 9.67 Å². The van der Waals surface area contributed by atoms with E-state index in [0.717, 1.165) is 11.3 Å². The average Bonchev–Trinajstić information content (AvgIpc) is 3.17. The van der Waals surface area contributed by atoms with Crippen LogP contribution in [0.3, 0.4) is 0 Å². The minimum Gasteiger partial charge on any atom is -0.436 e. The minimum atomic E-state index is -0.268. The summed E-state index contributed by atoms with van der Waals surface area (Å²) >= 11 is 0. The van der Waals surface area contributed by atoms with Gasteiger partial charge in [0, 0.05) is 6.92 Å². The van der Waals surface area contributed by atoms with Gasteiger partial charge < -0.3 is 9.73 Å². The predicted molar refractivity (Wildman–Crippen MR) is 83.2 cm³/mol. The highest BCUT2D eigenvalue weighted by Crippen LogP contribution is 2.17. The van der Waals surface area contributed by atoms with Gasteiger partial charge in [-0.1, -0.05) is 17.3 Å². The topological polar surface area (TPSA) is 85.8 Å². The minimum absolute atomic E-state index is 0.155.